The molecule has 1 aliphatic heterocycles. The molecule has 2 aliphatic rings. The highest BCUT2D eigenvalue weighted by Gasteiger charge is 2.29. The van der Waals surface area contributed by atoms with Gasteiger partial charge in [-0.25, -0.2) is 0 Å². The first kappa shape index (κ1) is 22.5. The molecule has 3 aromatic rings. The minimum Gasteiger partial charge on any atom is -0.482 e. The van der Waals surface area contributed by atoms with Gasteiger partial charge in [-0.2, -0.15) is 9.78 Å². The molecule has 1 amide bonds. The first-order chi connectivity index (χ1) is 16.5. The van der Waals surface area contributed by atoms with Gasteiger partial charge >= 0.3 is 5.56 Å². The SMILES string of the molecule is CCC(=O)N1CCN(c2cnn(-c3cccc(Cl)c3)c(=O)c2OC2Cc3ccccc3C2)CC1. The van der Waals surface area contributed by atoms with Crippen LogP contribution in [0.4, 0.5) is 5.69 Å². The van der Waals surface area contributed by atoms with Crippen LogP contribution in [0.2, 0.25) is 5.02 Å². The third-order valence-corrected chi connectivity index (χ3v) is 6.78. The molecule has 1 saturated heterocycles. The lowest BCUT2D eigenvalue weighted by molar-refractivity contribution is -0.131. The van der Waals surface area contributed by atoms with Gasteiger partial charge in [0.25, 0.3) is 0 Å². The van der Waals surface area contributed by atoms with E-state index < -0.39 is 0 Å². The Morgan fingerprint density at radius 3 is 2.41 bits per heavy atom. The Bertz CT molecular complexity index is 1240. The van der Waals surface area contributed by atoms with Crippen LogP contribution in [-0.4, -0.2) is 52.9 Å². The molecule has 8 heteroatoms. The van der Waals surface area contributed by atoms with Crippen molar-refractivity contribution >= 4 is 23.2 Å². The number of piperazine rings is 1. The summed E-state index contributed by atoms with van der Waals surface area (Å²) in [6.45, 7) is 4.33. The van der Waals surface area contributed by atoms with Gasteiger partial charge in [0.2, 0.25) is 11.7 Å². The number of aromatic nitrogens is 2. The number of halogens is 1. The molecule has 0 N–H and O–H groups in total. The van der Waals surface area contributed by atoms with E-state index in [0.717, 1.165) is 12.8 Å². The highest BCUT2D eigenvalue weighted by molar-refractivity contribution is 6.30. The summed E-state index contributed by atoms with van der Waals surface area (Å²) in [5, 5.41) is 4.98. The van der Waals surface area contributed by atoms with Crippen LogP contribution in [0.25, 0.3) is 5.69 Å². The van der Waals surface area contributed by atoms with Crippen molar-refractivity contribution in [2.75, 3.05) is 31.1 Å². The minimum atomic E-state index is -0.317. The second-order valence-electron chi connectivity index (χ2n) is 8.69. The van der Waals surface area contributed by atoms with Gasteiger partial charge in [0.1, 0.15) is 11.8 Å². The molecular weight excluding hydrogens is 452 g/mol. The number of hydrogen-bond donors (Lipinski definition) is 0. The van der Waals surface area contributed by atoms with Crippen molar-refractivity contribution in [1.82, 2.24) is 14.7 Å². The summed E-state index contributed by atoms with van der Waals surface area (Å²) in [7, 11) is 0. The first-order valence-corrected chi connectivity index (χ1v) is 12.1. The zero-order chi connectivity index (χ0) is 23.7. The summed E-state index contributed by atoms with van der Waals surface area (Å²) in [5.74, 6) is 0.442. The van der Waals surface area contributed by atoms with Crippen molar-refractivity contribution in [2.45, 2.75) is 32.3 Å². The largest absolute Gasteiger partial charge is 0.482 e. The second-order valence-corrected chi connectivity index (χ2v) is 9.13. The van der Waals surface area contributed by atoms with E-state index in [0.29, 0.717) is 54.7 Å². The summed E-state index contributed by atoms with van der Waals surface area (Å²) in [6, 6.07) is 15.3. The molecule has 0 atom stereocenters. The van der Waals surface area contributed by atoms with Crippen LogP contribution in [-0.2, 0) is 17.6 Å². The van der Waals surface area contributed by atoms with E-state index in [4.69, 9.17) is 16.3 Å². The van der Waals surface area contributed by atoms with Crippen LogP contribution in [0.3, 0.4) is 0 Å². The first-order valence-electron chi connectivity index (χ1n) is 11.7. The number of carbonyl (C=O) groups excluding carboxylic acids is 1. The van der Waals surface area contributed by atoms with Crippen molar-refractivity contribution in [3.05, 3.63) is 81.2 Å². The number of rotatable bonds is 5. The number of amides is 1. The molecule has 1 aliphatic carbocycles. The lowest BCUT2D eigenvalue weighted by Crippen LogP contribution is -2.49. The van der Waals surface area contributed by atoms with Crippen LogP contribution in [0.1, 0.15) is 24.5 Å². The Morgan fingerprint density at radius 2 is 1.76 bits per heavy atom. The predicted octanol–water partition coefficient (Wildman–Crippen LogP) is 3.49. The van der Waals surface area contributed by atoms with Gasteiger partial charge in [-0.3, -0.25) is 9.59 Å². The van der Waals surface area contributed by atoms with Gasteiger partial charge in [0, 0.05) is 50.5 Å². The highest BCUT2D eigenvalue weighted by Crippen LogP contribution is 2.30. The maximum atomic E-state index is 13.7. The molecular formula is C26H27ClN4O3. The fourth-order valence-electron chi connectivity index (χ4n) is 4.75. The van der Waals surface area contributed by atoms with E-state index in [1.165, 1.54) is 15.8 Å². The Kier molecular flexibility index (Phi) is 6.28. The molecule has 7 nitrogen and oxygen atoms in total. The quantitative estimate of drug-likeness (QED) is 0.561. The smallest absolute Gasteiger partial charge is 0.316 e. The van der Waals surface area contributed by atoms with E-state index in [2.05, 4.69) is 22.1 Å². The maximum absolute atomic E-state index is 13.7. The topological polar surface area (TPSA) is 67.7 Å². The summed E-state index contributed by atoms with van der Waals surface area (Å²) < 4.78 is 7.77. The summed E-state index contributed by atoms with van der Waals surface area (Å²) in [6.07, 6.45) is 3.58. The molecule has 1 aromatic heterocycles. The molecule has 2 heterocycles. The van der Waals surface area contributed by atoms with Gasteiger partial charge in [-0.05, 0) is 29.3 Å². The van der Waals surface area contributed by atoms with E-state index >= 15 is 0 Å². The third-order valence-electron chi connectivity index (χ3n) is 6.54. The van der Waals surface area contributed by atoms with E-state index in [9.17, 15) is 9.59 Å². The molecule has 2 aromatic carbocycles. The summed E-state index contributed by atoms with van der Waals surface area (Å²) in [4.78, 5) is 29.7. The molecule has 0 spiro atoms. The Labute approximate surface area is 203 Å². The highest BCUT2D eigenvalue weighted by atomic mass is 35.5. The number of hydrogen-bond acceptors (Lipinski definition) is 5. The lowest BCUT2D eigenvalue weighted by Gasteiger charge is -2.36. The molecule has 0 bridgehead atoms. The van der Waals surface area contributed by atoms with Crippen molar-refractivity contribution in [3.8, 4) is 11.4 Å². The van der Waals surface area contributed by atoms with E-state index in [-0.39, 0.29) is 17.6 Å². The molecule has 34 heavy (non-hydrogen) atoms. The number of ether oxygens (including phenoxy) is 1. The van der Waals surface area contributed by atoms with Gasteiger partial charge in [0.15, 0.2) is 0 Å². The Hall–Kier alpha value is -3.32. The monoisotopic (exact) mass is 478 g/mol. The molecule has 0 unspecified atom stereocenters. The van der Waals surface area contributed by atoms with Gasteiger partial charge in [-0.15, -0.1) is 0 Å². The van der Waals surface area contributed by atoms with Crippen molar-refractivity contribution in [1.29, 1.82) is 0 Å². The lowest BCUT2D eigenvalue weighted by atomic mass is 10.1. The molecule has 0 saturated carbocycles. The van der Waals surface area contributed by atoms with Crippen molar-refractivity contribution < 1.29 is 9.53 Å². The fourth-order valence-corrected chi connectivity index (χ4v) is 4.93. The number of carbonyl (C=O) groups is 1. The number of nitrogens with zero attached hydrogens (tertiary/aromatic N) is 4. The number of fused-ring (bicyclic) bond motifs is 1. The van der Waals surface area contributed by atoms with Crippen molar-refractivity contribution in [3.63, 3.8) is 0 Å². The minimum absolute atomic E-state index is 0.123. The predicted molar refractivity (Wildman–Crippen MR) is 132 cm³/mol. The van der Waals surface area contributed by atoms with Crippen LogP contribution < -0.4 is 15.2 Å². The van der Waals surface area contributed by atoms with Gasteiger partial charge in [-0.1, -0.05) is 48.9 Å². The zero-order valence-electron chi connectivity index (χ0n) is 19.1. The molecule has 176 valence electrons. The summed E-state index contributed by atoms with van der Waals surface area (Å²) in [5.41, 5.74) is 3.45. The Balaban J connectivity index is 1.48. The average molecular weight is 479 g/mol. The van der Waals surface area contributed by atoms with Crippen LogP contribution in [0.15, 0.2) is 59.5 Å². The number of benzene rings is 2. The maximum Gasteiger partial charge on any atom is 0.316 e. The molecule has 5 rings (SSSR count). The zero-order valence-corrected chi connectivity index (χ0v) is 19.9. The molecule has 1 fully saturated rings. The van der Waals surface area contributed by atoms with Gasteiger partial charge in [0.05, 0.1) is 11.9 Å². The summed E-state index contributed by atoms with van der Waals surface area (Å²) >= 11 is 6.17. The normalized spacial score (nSPS) is 15.9. The Morgan fingerprint density at radius 1 is 1.06 bits per heavy atom. The third kappa shape index (κ3) is 4.40. The van der Waals surface area contributed by atoms with Crippen LogP contribution in [0.5, 0.6) is 5.75 Å². The van der Waals surface area contributed by atoms with E-state index in [1.807, 2.05) is 24.0 Å². The van der Waals surface area contributed by atoms with E-state index in [1.54, 1.807) is 30.5 Å². The van der Waals surface area contributed by atoms with Crippen molar-refractivity contribution in [2.24, 2.45) is 0 Å². The molecule has 0 radical (unpaired) electrons. The van der Waals surface area contributed by atoms with Crippen LogP contribution >= 0.6 is 11.6 Å². The van der Waals surface area contributed by atoms with Gasteiger partial charge < -0.3 is 14.5 Å². The number of anilines is 1. The standard InChI is InChI=1S/C26H27ClN4O3/c1-2-24(32)30-12-10-29(11-13-30)23-17-28-31(21-9-5-8-20(27)16-21)26(33)25(23)34-22-14-18-6-3-4-7-19(18)15-22/h3-9,16-17,22H,2,10-15H2,1H3. The fraction of sp³-hybridized carbons (Fsp3) is 0.346. The second kappa shape index (κ2) is 9.50. The average Bonchev–Trinajstić information content (AvgIpc) is 3.27. The van der Waals surface area contributed by atoms with Crippen LogP contribution in [0, 0.1) is 0 Å².